The molecule has 3 nitrogen and oxygen atoms in total. The van der Waals surface area contributed by atoms with E-state index < -0.39 is 0 Å². The average Bonchev–Trinajstić information content (AvgIpc) is 2.53. The molecule has 0 spiro atoms. The fraction of sp³-hybridized carbons (Fsp3) is 0.706. The number of nitrogens with two attached hydrogens (primary N) is 1. The first-order chi connectivity index (χ1) is 9.78. The maximum absolute atomic E-state index is 6.09. The average molecular weight is 275 g/mol. The number of aromatic nitrogens is 1. The summed E-state index contributed by atoms with van der Waals surface area (Å²) in [5.41, 5.74) is 7.87. The van der Waals surface area contributed by atoms with Gasteiger partial charge >= 0.3 is 0 Å². The molecule has 0 amide bonds. The number of hydrogen-bond donors (Lipinski definition) is 1. The van der Waals surface area contributed by atoms with Gasteiger partial charge in [-0.25, -0.2) is 0 Å². The molecule has 1 aliphatic carbocycles. The summed E-state index contributed by atoms with van der Waals surface area (Å²) in [7, 11) is 0. The van der Waals surface area contributed by atoms with E-state index in [9.17, 15) is 0 Å². The number of rotatable bonds is 7. The van der Waals surface area contributed by atoms with Crippen LogP contribution in [0.5, 0.6) is 0 Å². The molecule has 0 radical (unpaired) electrons. The Morgan fingerprint density at radius 2 is 1.90 bits per heavy atom. The Morgan fingerprint density at radius 1 is 1.20 bits per heavy atom. The van der Waals surface area contributed by atoms with Gasteiger partial charge in [-0.2, -0.15) is 0 Å². The van der Waals surface area contributed by atoms with Crippen molar-refractivity contribution in [1.82, 2.24) is 9.88 Å². The zero-order chi connectivity index (χ0) is 14.3. The SMILES string of the molecule is CCN(CCC1(CN)CCCCC1)Cc1ccncc1. The fourth-order valence-corrected chi connectivity index (χ4v) is 3.35. The van der Waals surface area contributed by atoms with Crippen molar-refractivity contribution in [2.24, 2.45) is 11.1 Å². The Bertz CT molecular complexity index is 371. The van der Waals surface area contributed by atoms with Gasteiger partial charge in [0, 0.05) is 18.9 Å². The van der Waals surface area contributed by atoms with E-state index in [0.29, 0.717) is 5.41 Å². The molecule has 112 valence electrons. The third kappa shape index (κ3) is 4.29. The van der Waals surface area contributed by atoms with Crippen molar-refractivity contribution in [3.05, 3.63) is 30.1 Å². The van der Waals surface area contributed by atoms with Crippen LogP contribution in [0.2, 0.25) is 0 Å². The number of hydrogen-bond acceptors (Lipinski definition) is 3. The van der Waals surface area contributed by atoms with Crippen molar-refractivity contribution in [2.75, 3.05) is 19.6 Å². The van der Waals surface area contributed by atoms with Crippen LogP contribution in [-0.4, -0.2) is 29.5 Å². The zero-order valence-electron chi connectivity index (χ0n) is 12.9. The highest BCUT2D eigenvalue weighted by atomic mass is 15.1. The maximum Gasteiger partial charge on any atom is 0.0271 e. The molecule has 0 atom stereocenters. The smallest absolute Gasteiger partial charge is 0.0271 e. The predicted molar refractivity (Wildman–Crippen MR) is 84.4 cm³/mol. The van der Waals surface area contributed by atoms with E-state index in [1.165, 1.54) is 44.1 Å². The topological polar surface area (TPSA) is 42.1 Å². The summed E-state index contributed by atoms with van der Waals surface area (Å²) in [6.45, 7) is 6.40. The second-order valence-corrected chi connectivity index (χ2v) is 6.24. The van der Waals surface area contributed by atoms with Crippen LogP contribution in [0.1, 0.15) is 51.0 Å². The molecule has 0 unspecified atom stereocenters. The highest BCUT2D eigenvalue weighted by molar-refractivity contribution is 5.09. The van der Waals surface area contributed by atoms with E-state index in [0.717, 1.165) is 26.2 Å². The first-order valence-electron chi connectivity index (χ1n) is 8.09. The Kier molecular flexibility index (Phi) is 5.99. The third-order valence-electron chi connectivity index (χ3n) is 4.91. The lowest BCUT2D eigenvalue weighted by atomic mass is 9.72. The summed E-state index contributed by atoms with van der Waals surface area (Å²) in [4.78, 5) is 6.62. The highest BCUT2D eigenvalue weighted by Crippen LogP contribution is 2.38. The summed E-state index contributed by atoms with van der Waals surface area (Å²) in [5.74, 6) is 0. The van der Waals surface area contributed by atoms with Gasteiger partial charge in [0.1, 0.15) is 0 Å². The summed E-state index contributed by atoms with van der Waals surface area (Å²) < 4.78 is 0. The first-order valence-corrected chi connectivity index (χ1v) is 8.09. The predicted octanol–water partition coefficient (Wildman–Crippen LogP) is 3.20. The van der Waals surface area contributed by atoms with Crippen molar-refractivity contribution in [2.45, 2.75) is 52.0 Å². The van der Waals surface area contributed by atoms with Crippen LogP contribution < -0.4 is 5.73 Å². The van der Waals surface area contributed by atoms with E-state index in [-0.39, 0.29) is 0 Å². The minimum Gasteiger partial charge on any atom is -0.330 e. The van der Waals surface area contributed by atoms with Crippen LogP contribution in [0.4, 0.5) is 0 Å². The van der Waals surface area contributed by atoms with E-state index in [4.69, 9.17) is 5.73 Å². The third-order valence-corrected chi connectivity index (χ3v) is 4.91. The summed E-state index contributed by atoms with van der Waals surface area (Å²) in [6.07, 6.45) is 11.8. The zero-order valence-corrected chi connectivity index (χ0v) is 12.9. The molecule has 1 aromatic rings. The molecule has 1 saturated carbocycles. The largest absolute Gasteiger partial charge is 0.330 e. The second kappa shape index (κ2) is 7.75. The van der Waals surface area contributed by atoms with Crippen molar-refractivity contribution >= 4 is 0 Å². The van der Waals surface area contributed by atoms with Gasteiger partial charge in [0.25, 0.3) is 0 Å². The molecular formula is C17H29N3. The first kappa shape index (κ1) is 15.5. The van der Waals surface area contributed by atoms with E-state index >= 15 is 0 Å². The lowest BCUT2D eigenvalue weighted by Gasteiger charge is -2.38. The lowest BCUT2D eigenvalue weighted by molar-refractivity contribution is 0.146. The van der Waals surface area contributed by atoms with Gasteiger partial charge in [0.2, 0.25) is 0 Å². The second-order valence-electron chi connectivity index (χ2n) is 6.24. The summed E-state index contributed by atoms with van der Waals surface area (Å²) >= 11 is 0. The van der Waals surface area contributed by atoms with Crippen LogP contribution in [0.3, 0.4) is 0 Å². The molecule has 20 heavy (non-hydrogen) atoms. The van der Waals surface area contributed by atoms with E-state index in [2.05, 4.69) is 28.9 Å². The molecule has 0 bridgehead atoms. The Balaban J connectivity index is 1.86. The van der Waals surface area contributed by atoms with Crippen LogP contribution in [0.15, 0.2) is 24.5 Å². The minimum absolute atomic E-state index is 0.421. The van der Waals surface area contributed by atoms with Crippen LogP contribution in [0.25, 0.3) is 0 Å². The standard InChI is InChI=1S/C17H29N3/c1-2-20(14-16-6-11-19-12-7-16)13-10-17(15-18)8-4-3-5-9-17/h6-7,11-12H,2-5,8-10,13-15,18H2,1H3. The molecule has 1 aromatic heterocycles. The van der Waals surface area contributed by atoms with Gasteiger partial charge in [0.15, 0.2) is 0 Å². The summed E-state index contributed by atoms with van der Waals surface area (Å²) in [5, 5.41) is 0. The minimum atomic E-state index is 0.421. The van der Waals surface area contributed by atoms with Gasteiger partial charge < -0.3 is 5.73 Å². The van der Waals surface area contributed by atoms with Crippen molar-refractivity contribution in [1.29, 1.82) is 0 Å². The Hall–Kier alpha value is -0.930. The molecule has 0 aromatic carbocycles. The maximum atomic E-state index is 6.09. The monoisotopic (exact) mass is 275 g/mol. The molecule has 2 N–H and O–H groups in total. The molecule has 2 rings (SSSR count). The number of pyridine rings is 1. The van der Waals surface area contributed by atoms with Crippen molar-refractivity contribution in [3.8, 4) is 0 Å². The van der Waals surface area contributed by atoms with Gasteiger partial charge in [-0.1, -0.05) is 26.2 Å². The van der Waals surface area contributed by atoms with Gasteiger partial charge in [-0.15, -0.1) is 0 Å². The van der Waals surface area contributed by atoms with Gasteiger partial charge in [-0.05, 0) is 62.0 Å². The molecule has 3 heteroatoms. The molecule has 0 aliphatic heterocycles. The van der Waals surface area contributed by atoms with Crippen LogP contribution in [0, 0.1) is 5.41 Å². The highest BCUT2D eigenvalue weighted by Gasteiger charge is 2.30. The Morgan fingerprint density at radius 3 is 2.50 bits per heavy atom. The summed E-state index contributed by atoms with van der Waals surface area (Å²) in [6, 6.07) is 4.23. The van der Waals surface area contributed by atoms with E-state index in [1.54, 1.807) is 0 Å². The Labute approximate surface area is 123 Å². The molecule has 1 fully saturated rings. The molecule has 1 heterocycles. The lowest BCUT2D eigenvalue weighted by Crippen LogP contribution is -2.37. The van der Waals surface area contributed by atoms with Crippen LogP contribution in [-0.2, 0) is 6.54 Å². The normalized spacial score (nSPS) is 18.4. The molecule has 1 aliphatic rings. The van der Waals surface area contributed by atoms with Crippen molar-refractivity contribution in [3.63, 3.8) is 0 Å². The molecule has 0 saturated heterocycles. The fourth-order valence-electron chi connectivity index (χ4n) is 3.35. The van der Waals surface area contributed by atoms with Crippen LogP contribution >= 0.6 is 0 Å². The van der Waals surface area contributed by atoms with Gasteiger partial charge in [-0.3, -0.25) is 9.88 Å². The quantitative estimate of drug-likeness (QED) is 0.831. The van der Waals surface area contributed by atoms with E-state index in [1.807, 2.05) is 12.4 Å². The number of nitrogens with zero attached hydrogens (tertiary/aromatic N) is 2. The molecular weight excluding hydrogens is 246 g/mol. The van der Waals surface area contributed by atoms with Gasteiger partial charge in [0.05, 0.1) is 0 Å². The van der Waals surface area contributed by atoms with Crippen molar-refractivity contribution < 1.29 is 0 Å².